The van der Waals surface area contributed by atoms with Crippen molar-refractivity contribution in [2.75, 3.05) is 5.73 Å². The second-order valence-corrected chi connectivity index (χ2v) is 5.65. The minimum Gasteiger partial charge on any atom is -0.399 e. The third-order valence-corrected chi connectivity index (χ3v) is 4.13. The molecular weight excluding hydrogens is 246 g/mol. The number of nitrogen functional groups attached to an aromatic ring is 1. The van der Waals surface area contributed by atoms with Crippen LogP contribution in [0.25, 0.3) is 0 Å². The van der Waals surface area contributed by atoms with Gasteiger partial charge >= 0.3 is 0 Å². The van der Waals surface area contributed by atoms with Crippen LogP contribution in [0.3, 0.4) is 0 Å². The topological polar surface area (TPSA) is 64.9 Å². The number of nitrogens with two attached hydrogens (primary N) is 1. The number of benzene rings is 1. The van der Waals surface area contributed by atoms with E-state index < -0.39 is 0 Å². The van der Waals surface area contributed by atoms with E-state index >= 15 is 0 Å². The minimum atomic E-state index is 0.519. The monoisotopic (exact) mass is 261 g/mol. The summed E-state index contributed by atoms with van der Waals surface area (Å²) in [5, 5.41) is 4.01. The van der Waals surface area contributed by atoms with Gasteiger partial charge in [0.25, 0.3) is 0 Å². The maximum absolute atomic E-state index is 5.79. The number of thioether (sulfide) groups is 1. The maximum Gasteiger partial charge on any atom is 0.229 e. The highest BCUT2D eigenvalue weighted by Gasteiger charge is 2.29. The average Bonchev–Trinajstić information content (AvgIpc) is 3.10. The molecular formula is C13H15N3OS. The molecule has 0 saturated heterocycles. The summed E-state index contributed by atoms with van der Waals surface area (Å²) >= 11 is 1.69. The molecule has 1 heterocycles. The Hall–Kier alpha value is -1.49. The van der Waals surface area contributed by atoms with E-state index in [9.17, 15) is 0 Å². The molecule has 94 valence electrons. The van der Waals surface area contributed by atoms with Gasteiger partial charge < -0.3 is 10.3 Å². The highest BCUT2D eigenvalue weighted by molar-refractivity contribution is 7.98. The second-order valence-electron chi connectivity index (χ2n) is 4.64. The van der Waals surface area contributed by atoms with Gasteiger partial charge in [-0.15, -0.1) is 11.8 Å². The van der Waals surface area contributed by atoms with Gasteiger partial charge in [0.15, 0.2) is 5.82 Å². The van der Waals surface area contributed by atoms with Gasteiger partial charge in [0.1, 0.15) is 0 Å². The first-order chi connectivity index (χ1) is 8.72. The number of anilines is 1. The van der Waals surface area contributed by atoms with Crippen LogP contribution in [0.1, 0.15) is 36.0 Å². The van der Waals surface area contributed by atoms with Crippen molar-refractivity contribution < 1.29 is 4.52 Å². The van der Waals surface area contributed by atoms with Crippen LogP contribution >= 0.6 is 11.8 Å². The van der Waals surface area contributed by atoms with E-state index in [-0.39, 0.29) is 0 Å². The van der Waals surface area contributed by atoms with Crippen LogP contribution in [0.2, 0.25) is 0 Å². The van der Waals surface area contributed by atoms with Crippen LogP contribution in [0, 0.1) is 6.92 Å². The first kappa shape index (κ1) is 11.6. The molecule has 1 aliphatic carbocycles. The molecule has 0 aliphatic heterocycles. The Bertz CT molecular complexity index is 563. The summed E-state index contributed by atoms with van der Waals surface area (Å²) in [5.74, 6) is 2.81. The first-order valence-corrected chi connectivity index (χ1v) is 7.02. The summed E-state index contributed by atoms with van der Waals surface area (Å²) in [4.78, 5) is 5.58. The Kier molecular flexibility index (Phi) is 2.99. The van der Waals surface area contributed by atoms with Gasteiger partial charge in [-0.2, -0.15) is 4.98 Å². The smallest absolute Gasteiger partial charge is 0.229 e. The van der Waals surface area contributed by atoms with Crippen LogP contribution in [0.5, 0.6) is 0 Å². The summed E-state index contributed by atoms with van der Waals surface area (Å²) in [6.45, 7) is 2.08. The van der Waals surface area contributed by atoms with Gasteiger partial charge in [-0.05, 0) is 37.5 Å². The van der Waals surface area contributed by atoms with Gasteiger partial charge in [0.05, 0.1) is 5.75 Å². The third-order valence-electron chi connectivity index (χ3n) is 2.98. The van der Waals surface area contributed by atoms with E-state index in [1.54, 1.807) is 11.8 Å². The summed E-state index contributed by atoms with van der Waals surface area (Å²) in [5.41, 5.74) is 7.79. The van der Waals surface area contributed by atoms with E-state index in [4.69, 9.17) is 10.3 Å². The van der Waals surface area contributed by atoms with Gasteiger partial charge in [-0.25, -0.2) is 0 Å². The number of aromatic nitrogens is 2. The fraction of sp³-hybridized carbons (Fsp3) is 0.385. The van der Waals surface area contributed by atoms with Gasteiger partial charge in [-0.1, -0.05) is 11.2 Å². The fourth-order valence-electron chi connectivity index (χ4n) is 1.74. The van der Waals surface area contributed by atoms with Crippen LogP contribution in [-0.2, 0) is 5.75 Å². The molecule has 3 rings (SSSR count). The molecule has 0 bridgehead atoms. The predicted octanol–water partition coefficient (Wildman–Crippen LogP) is 3.13. The molecule has 1 aliphatic rings. The molecule has 1 aromatic heterocycles. The Morgan fingerprint density at radius 3 is 3.06 bits per heavy atom. The number of rotatable bonds is 4. The fourth-order valence-corrected chi connectivity index (χ4v) is 2.65. The van der Waals surface area contributed by atoms with Gasteiger partial charge in [0.2, 0.25) is 5.89 Å². The van der Waals surface area contributed by atoms with Crippen molar-refractivity contribution in [1.29, 1.82) is 0 Å². The van der Waals surface area contributed by atoms with E-state index in [2.05, 4.69) is 17.1 Å². The van der Waals surface area contributed by atoms with E-state index in [0.29, 0.717) is 5.92 Å². The Morgan fingerprint density at radius 2 is 2.28 bits per heavy atom. The largest absolute Gasteiger partial charge is 0.399 e. The van der Waals surface area contributed by atoms with Crippen molar-refractivity contribution >= 4 is 17.4 Å². The molecule has 18 heavy (non-hydrogen) atoms. The zero-order valence-corrected chi connectivity index (χ0v) is 11.0. The molecule has 2 aromatic rings. The average molecular weight is 261 g/mol. The molecule has 0 atom stereocenters. The molecule has 5 heteroatoms. The second kappa shape index (κ2) is 4.65. The van der Waals surface area contributed by atoms with Crippen LogP contribution in [0.4, 0.5) is 5.69 Å². The molecule has 0 unspecified atom stereocenters. The Balaban J connectivity index is 1.67. The highest BCUT2D eigenvalue weighted by Crippen LogP contribution is 2.39. The number of nitrogens with zero attached hydrogens (tertiary/aromatic N) is 2. The van der Waals surface area contributed by atoms with Crippen molar-refractivity contribution in [3.05, 3.63) is 35.5 Å². The van der Waals surface area contributed by atoms with Crippen molar-refractivity contribution in [3.8, 4) is 0 Å². The van der Waals surface area contributed by atoms with E-state index in [1.165, 1.54) is 23.3 Å². The molecule has 0 spiro atoms. The van der Waals surface area contributed by atoms with E-state index in [0.717, 1.165) is 23.2 Å². The quantitative estimate of drug-likeness (QED) is 0.676. The van der Waals surface area contributed by atoms with Crippen molar-refractivity contribution in [2.45, 2.75) is 36.3 Å². The minimum absolute atomic E-state index is 0.519. The van der Waals surface area contributed by atoms with E-state index in [1.807, 2.05) is 18.2 Å². The normalized spacial score (nSPS) is 14.9. The highest BCUT2D eigenvalue weighted by atomic mass is 32.2. The van der Waals surface area contributed by atoms with Crippen LogP contribution in [-0.4, -0.2) is 10.1 Å². The number of hydrogen-bond acceptors (Lipinski definition) is 5. The number of hydrogen-bond donors (Lipinski definition) is 1. The van der Waals surface area contributed by atoms with Crippen LogP contribution in [0.15, 0.2) is 27.6 Å². The molecule has 1 aromatic carbocycles. The number of aryl methyl sites for hydroxylation is 1. The molecule has 0 amide bonds. The van der Waals surface area contributed by atoms with Crippen molar-refractivity contribution in [1.82, 2.24) is 10.1 Å². The van der Waals surface area contributed by atoms with Crippen molar-refractivity contribution in [3.63, 3.8) is 0 Å². The van der Waals surface area contributed by atoms with Gasteiger partial charge in [0, 0.05) is 16.5 Å². The lowest BCUT2D eigenvalue weighted by molar-refractivity contribution is 0.375. The lowest BCUT2D eigenvalue weighted by atomic mass is 10.2. The molecule has 0 radical (unpaired) electrons. The maximum atomic E-state index is 5.79. The zero-order chi connectivity index (χ0) is 12.5. The predicted molar refractivity (Wildman–Crippen MR) is 71.4 cm³/mol. The molecule has 1 fully saturated rings. The Labute approximate surface area is 110 Å². The first-order valence-electron chi connectivity index (χ1n) is 6.04. The van der Waals surface area contributed by atoms with Gasteiger partial charge in [-0.3, -0.25) is 0 Å². The van der Waals surface area contributed by atoms with Crippen molar-refractivity contribution in [2.24, 2.45) is 0 Å². The molecule has 1 saturated carbocycles. The summed E-state index contributed by atoms with van der Waals surface area (Å²) < 4.78 is 5.23. The molecule has 4 nitrogen and oxygen atoms in total. The third kappa shape index (κ3) is 2.51. The SMILES string of the molecule is Cc1ccc(N)cc1SCc1noc(C2CC2)n1. The lowest BCUT2D eigenvalue weighted by Gasteiger charge is -2.04. The summed E-state index contributed by atoms with van der Waals surface area (Å²) in [7, 11) is 0. The molecule has 2 N–H and O–H groups in total. The zero-order valence-electron chi connectivity index (χ0n) is 10.2. The lowest BCUT2D eigenvalue weighted by Crippen LogP contribution is -1.89. The van der Waals surface area contributed by atoms with Crippen LogP contribution < -0.4 is 5.73 Å². The summed E-state index contributed by atoms with van der Waals surface area (Å²) in [6.07, 6.45) is 2.37. The standard InChI is InChI=1S/C13H15N3OS/c1-8-2-5-10(14)6-11(8)18-7-12-15-13(17-16-12)9-3-4-9/h2,5-6,9H,3-4,7,14H2,1H3. The Morgan fingerprint density at radius 1 is 1.44 bits per heavy atom. The summed E-state index contributed by atoms with van der Waals surface area (Å²) in [6, 6.07) is 5.93.